The average molecular weight is 368 g/mol. The van der Waals surface area contributed by atoms with E-state index in [-0.39, 0.29) is 0 Å². The van der Waals surface area contributed by atoms with Crippen molar-refractivity contribution < 1.29 is 9.90 Å². The van der Waals surface area contributed by atoms with Crippen molar-refractivity contribution in [1.29, 1.82) is 5.26 Å². The molecule has 0 aromatic heterocycles. The predicted octanol–water partition coefficient (Wildman–Crippen LogP) is 6.78. The standard InChI is InChI=1S/C13H9N.C6H12O2.C5H12/c14-10-11-6-8-13(9-7-11)12-4-2-1-3-5-12;1-4-6(2,3)5(7)8;1-4-5(2)3/h1-9H;4H2,1-3H3,(H,7,8);5H,4H2,1-3H3. The summed E-state index contributed by atoms with van der Waals surface area (Å²) >= 11 is 0. The molecule has 3 heteroatoms. The molecule has 0 aliphatic heterocycles. The van der Waals surface area contributed by atoms with Gasteiger partial charge in [0.05, 0.1) is 17.0 Å². The van der Waals surface area contributed by atoms with Crippen molar-refractivity contribution in [2.24, 2.45) is 11.3 Å². The zero-order chi connectivity index (χ0) is 20.9. The van der Waals surface area contributed by atoms with Crippen LogP contribution in [0.5, 0.6) is 0 Å². The molecule has 2 aromatic carbocycles. The van der Waals surface area contributed by atoms with Crippen LogP contribution < -0.4 is 0 Å². The van der Waals surface area contributed by atoms with Gasteiger partial charge in [-0.1, -0.05) is 76.6 Å². The highest BCUT2D eigenvalue weighted by molar-refractivity contribution is 5.73. The molecule has 0 aliphatic carbocycles. The first-order valence-corrected chi connectivity index (χ1v) is 9.46. The van der Waals surface area contributed by atoms with E-state index in [1.54, 1.807) is 13.8 Å². The quantitative estimate of drug-likeness (QED) is 0.647. The molecule has 0 unspecified atom stereocenters. The van der Waals surface area contributed by atoms with Gasteiger partial charge in [0.2, 0.25) is 0 Å². The number of carboxylic acids is 1. The van der Waals surface area contributed by atoms with E-state index in [9.17, 15) is 4.79 Å². The number of benzene rings is 2. The van der Waals surface area contributed by atoms with Crippen LogP contribution in [-0.2, 0) is 4.79 Å². The van der Waals surface area contributed by atoms with Crippen molar-refractivity contribution in [3.63, 3.8) is 0 Å². The summed E-state index contributed by atoms with van der Waals surface area (Å²) in [6.45, 7) is 11.9. The molecule has 0 radical (unpaired) electrons. The van der Waals surface area contributed by atoms with Crippen LogP contribution >= 0.6 is 0 Å². The van der Waals surface area contributed by atoms with Gasteiger partial charge in [0.1, 0.15) is 0 Å². The van der Waals surface area contributed by atoms with Crippen molar-refractivity contribution in [3.8, 4) is 17.2 Å². The summed E-state index contributed by atoms with van der Waals surface area (Å²) in [6, 6.07) is 19.8. The molecule has 0 fully saturated rings. The van der Waals surface area contributed by atoms with E-state index in [1.807, 2.05) is 49.4 Å². The van der Waals surface area contributed by atoms with Crippen LogP contribution in [0.2, 0.25) is 0 Å². The average Bonchev–Trinajstić information content (AvgIpc) is 2.69. The van der Waals surface area contributed by atoms with Gasteiger partial charge in [-0.3, -0.25) is 4.79 Å². The van der Waals surface area contributed by atoms with Crippen LogP contribution in [0.15, 0.2) is 54.6 Å². The number of nitriles is 1. The van der Waals surface area contributed by atoms with Gasteiger partial charge in [-0.2, -0.15) is 5.26 Å². The lowest BCUT2D eigenvalue weighted by atomic mass is 9.91. The highest BCUT2D eigenvalue weighted by Gasteiger charge is 2.23. The van der Waals surface area contributed by atoms with Crippen molar-refractivity contribution in [3.05, 3.63) is 60.2 Å². The van der Waals surface area contributed by atoms with Gasteiger partial charge < -0.3 is 5.11 Å². The summed E-state index contributed by atoms with van der Waals surface area (Å²) in [5.74, 6) is 0.162. The molecular formula is C24H33NO2. The highest BCUT2D eigenvalue weighted by Crippen LogP contribution is 2.19. The van der Waals surface area contributed by atoms with Gasteiger partial charge in [0.15, 0.2) is 0 Å². The lowest BCUT2D eigenvalue weighted by molar-refractivity contribution is -0.147. The maximum absolute atomic E-state index is 10.3. The Morgan fingerprint density at radius 2 is 1.44 bits per heavy atom. The first-order chi connectivity index (χ1) is 12.7. The Morgan fingerprint density at radius 1 is 1.00 bits per heavy atom. The number of carbonyl (C=O) groups is 1. The number of rotatable bonds is 4. The Kier molecular flexibility index (Phi) is 11.5. The van der Waals surface area contributed by atoms with E-state index in [1.165, 1.54) is 12.0 Å². The third-order valence-electron chi connectivity index (χ3n) is 4.40. The molecule has 0 spiro atoms. The van der Waals surface area contributed by atoms with Crippen LogP contribution in [0.25, 0.3) is 11.1 Å². The zero-order valence-electron chi connectivity index (χ0n) is 17.5. The third-order valence-corrected chi connectivity index (χ3v) is 4.40. The number of hydrogen-bond donors (Lipinski definition) is 1. The molecule has 0 atom stereocenters. The highest BCUT2D eigenvalue weighted by atomic mass is 16.4. The number of nitrogens with zero attached hydrogens (tertiary/aromatic N) is 1. The van der Waals surface area contributed by atoms with Crippen LogP contribution in [0.3, 0.4) is 0 Å². The monoisotopic (exact) mass is 367 g/mol. The molecule has 27 heavy (non-hydrogen) atoms. The van der Waals surface area contributed by atoms with E-state index in [4.69, 9.17) is 10.4 Å². The molecule has 0 aliphatic rings. The van der Waals surface area contributed by atoms with Gasteiger partial charge in [0.25, 0.3) is 0 Å². The van der Waals surface area contributed by atoms with Crippen LogP contribution in [0.1, 0.15) is 59.9 Å². The van der Waals surface area contributed by atoms with Gasteiger partial charge >= 0.3 is 5.97 Å². The van der Waals surface area contributed by atoms with Gasteiger partial charge in [-0.25, -0.2) is 0 Å². The zero-order valence-corrected chi connectivity index (χ0v) is 17.5. The van der Waals surface area contributed by atoms with Crippen molar-refractivity contribution in [1.82, 2.24) is 0 Å². The largest absolute Gasteiger partial charge is 0.481 e. The summed E-state index contributed by atoms with van der Waals surface area (Å²) in [7, 11) is 0. The fourth-order valence-corrected chi connectivity index (χ4v) is 1.52. The summed E-state index contributed by atoms with van der Waals surface area (Å²) in [5, 5.41) is 17.1. The molecule has 1 N–H and O–H groups in total. The van der Waals surface area contributed by atoms with Gasteiger partial charge in [0, 0.05) is 0 Å². The first-order valence-electron chi connectivity index (χ1n) is 9.46. The SMILES string of the molecule is CCC(C)(C)C(=O)O.CCC(C)C.N#Cc1ccc(-c2ccccc2)cc1. The summed E-state index contributed by atoms with van der Waals surface area (Å²) < 4.78 is 0. The topological polar surface area (TPSA) is 61.1 Å². The molecule has 0 amide bonds. The Balaban J connectivity index is 0.000000443. The Labute approximate surface area is 164 Å². The minimum absolute atomic E-state index is 0.542. The molecular weight excluding hydrogens is 334 g/mol. The Hall–Kier alpha value is -2.60. The van der Waals surface area contributed by atoms with E-state index in [2.05, 4.69) is 39.0 Å². The second-order valence-electron chi connectivity index (χ2n) is 7.40. The smallest absolute Gasteiger partial charge is 0.309 e. The second kappa shape index (κ2) is 12.7. The van der Waals surface area contributed by atoms with Crippen LogP contribution in [0, 0.1) is 22.7 Å². The first kappa shape index (κ1) is 24.4. The fourth-order valence-electron chi connectivity index (χ4n) is 1.52. The molecule has 0 saturated carbocycles. The minimum atomic E-state index is -0.722. The lowest BCUT2D eigenvalue weighted by Gasteiger charge is -2.14. The van der Waals surface area contributed by atoms with Crippen LogP contribution in [-0.4, -0.2) is 11.1 Å². The third kappa shape index (κ3) is 10.2. The number of carboxylic acid groups (broad SMARTS) is 1. The van der Waals surface area contributed by atoms with E-state index >= 15 is 0 Å². The Bertz CT molecular complexity index is 695. The molecule has 2 rings (SSSR count). The summed E-state index contributed by atoms with van der Waals surface area (Å²) in [6.07, 6.45) is 1.99. The lowest BCUT2D eigenvalue weighted by Crippen LogP contribution is -2.21. The molecule has 2 aromatic rings. The number of aliphatic carboxylic acids is 1. The molecule has 146 valence electrons. The normalized spacial score (nSPS) is 10.0. The van der Waals surface area contributed by atoms with Crippen molar-refractivity contribution in [2.75, 3.05) is 0 Å². The maximum Gasteiger partial charge on any atom is 0.309 e. The van der Waals surface area contributed by atoms with Crippen molar-refractivity contribution >= 4 is 5.97 Å². The molecule has 3 nitrogen and oxygen atoms in total. The maximum atomic E-state index is 10.3. The predicted molar refractivity (Wildman–Crippen MR) is 113 cm³/mol. The fraction of sp³-hybridized carbons (Fsp3) is 0.417. The summed E-state index contributed by atoms with van der Waals surface area (Å²) in [4.78, 5) is 10.3. The molecule has 0 heterocycles. The van der Waals surface area contributed by atoms with E-state index in [0.717, 1.165) is 11.5 Å². The summed E-state index contributed by atoms with van der Waals surface area (Å²) in [5.41, 5.74) is 2.48. The Morgan fingerprint density at radius 3 is 1.74 bits per heavy atom. The number of hydrogen-bond acceptors (Lipinski definition) is 2. The van der Waals surface area contributed by atoms with Gasteiger partial charge in [-0.15, -0.1) is 0 Å². The van der Waals surface area contributed by atoms with E-state index in [0.29, 0.717) is 12.0 Å². The minimum Gasteiger partial charge on any atom is -0.481 e. The molecule has 0 saturated heterocycles. The second-order valence-corrected chi connectivity index (χ2v) is 7.40. The van der Waals surface area contributed by atoms with Crippen LogP contribution in [0.4, 0.5) is 0 Å². The molecule has 0 bridgehead atoms. The van der Waals surface area contributed by atoms with E-state index < -0.39 is 11.4 Å². The van der Waals surface area contributed by atoms with Crippen molar-refractivity contribution in [2.45, 2.75) is 54.4 Å². The van der Waals surface area contributed by atoms with Gasteiger partial charge in [-0.05, 0) is 49.4 Å².